The van der Waals surface area contributed by atoms with Crippen molar-refractivity contribution >= 4 is 266 Å². The maximum absolute atomic E-state index is 14.1. The van der Waals surface area contributed by atoms with Crippen molar-refractivity contribution < 1.29 is 9.59 Å². The predicted octanol–water partition coefficient (Wildman–Crippen LogP) is 22.8. The van der Waals surface area contributed by atoms with Crippen molar-refractivity contribution in [2.45, 2.75) is 5.38 Å². The summed E-state index contributed by atoms with van der Waals surface area (Å²) >= 11 is 133. The van der Waals surface area contributed by atoms with Crippen molar-refractivity contribution in [3.8, 4) is 0 Å². The molecule has 1 N–H and O–H groups in total. The van der Waals surface area contributed by atoms with Crippen LogP contribution in [0.4, 0.5) is 5.69 Å². The number of allylic oxidation sites excluding steroid dienone is 10. The summed E-state index contributed by atoms with van der Waals surface area (Å²) < 4.78 is 0. The van der Waals surface area contributed by atoms with Crippen molar-refractivity contribution in [2.75, 3.05) is 5.32 Å². The molecule has 5 aromatic carbocycles. The number of hydrogen-bond acceptors (Lipinski definition) is 2. The highest BCUT2D eigenvalue weighted by atomic mass is 35.5. The average molecular weight is 1340 g/mol. The largest absolute Gasteiger partial charge is 0.322 e. The van der Waals surface area contributed by atoms with E-state index in [-0.39, 0.29) is 131 Å². The van der Waals surface area contributed by atoms with Crippen molar-refractivity contribution in [3.05, 3.63) is 213 Å². The van der Waals surface area contributed by atoms with E-state index in [0.29, 0.717) is 0 Å². The molecule has 4 nitrogen and oxygen atoms in total. The van der Waals surface area contributed by atoms with Gasteiger partial charge in [-0.25, -0.2) is 4.99 Å². The third-order valence-corrected chi connectivity index (χ3v) is 16.1. The molecule has 7 rings (SSSR count). The first-order valence-electron chi connectivity index (χ1n) is 18.7. The van der Waals surface area contributed by atoms with Gasteiger partial charge in [0.2, 0.25) is 0 Å². The van der Waals surface area contributed by atoms with E-state index in [9.17, 15) is 9.59 Å². The number of nitrogens with zero attached hydrogens (tertiary/aromatic N) is 1. The van der Waals surface area contributed by atoms with Crippen molar-refractivity contribution in [1.29, 1.82) is 0 Å². The van der Waals surface area contributed by atoms with Crippen molar-refractivity contribution in [2.24, 2.45) is 4.99 Å². The van der Waals surface area contributed by atoms with Gasteiger partial charge in [-0.2, -0.15) is 0 Å². The van der Waals surface area contributed by atoms with Crippen LogP contribution in [0.25, 0.3) is 11.1 Å². The number of hydrogen-bond donors (Lipinski definition) is 1. The Morgan fingerprint density at radius 1 is 0.400 bits per heavy atom. The maximum Gasteiger partial charge on any atom is 0.280 e. The predicted molar refractivity (Wildman–Crippen MR) is 305 cm³/mol. The minimum absolute atomic E-state index is 0.00723. The molecule has 0 unspecified atom stereocenters. The second kappa shape index (κ2) is 23.2. The maximum atomic E-state index is 14.1. The highest BCUT2D eigenvalue weighted by molar-refractivity contribution is 6.54. The Morgan fingerprint density at radius 2 is 0.729 bits per heavy atom. The van der Waals surface area contributed by atoms with E-state index in [0.717, 1.165) is 0 Å². The fraction of sp³-hybridized carbons (Fsp3) is 0.0217. The van der Waals surface area contributed by atoms with E-state index in [4.69, 9.17) is 232 Å². The molecule has 360 valence electrons. The lowest BCUT2D eigenvalue weighted by Crippen LogP contribution is -2.16. The summed E-state index contributed by atoms with van der Waals surface area (Å²) in [5.41, 5.74) is 0.388. The summed E-state index contributed by atoms with van der Waals surface area (Å²) in [4.78, 5) is 32.4. The molecule has 5 aromatic rings. The first-order chi connectivity index (χ1) is 32.8. The van der Waals surface area contributed by atoms with Gasteiger partial charge in [-0.05, 0) is 72.8 Å². The number of anilines is 1. The summed E-state index contributed by atoms with van der Waals surface area (Å²) in [7, 11) is 0. The summed E-state index contributed by atoms with van der Waals surface area (Å²) in [6.07, 6.45) is 5.62. The van der Waals surface area contributed by atoms with Crippen LogP contribution < -0.4 is 5.32 Å². The highest BCUT2D eigenvalue weighted by Crippen LogP contribution is 2.52. The Bertz CT molecular complexity index is 3200. The van der Waals surface area contributed by atoms with Gasteiger partial charge in [-0.1, -0.05) is 220 Å². The minimum Gasteiger partial charge on any atom is -0.322 e. The number of halogens is 20. The third-order valence-electron chi connectivity index (χ3n) is 9.87. The fourth-order valence-corrected chi connectivity index (χ4v) is 13.8. The number of rotatable bonds is 7. The lowest BCUT2D eigenvalue weighted by Gasteiger charge is -2.23. The quantitative estimate of drug-likeness (QED) is 0.100. The lowest BCUT2D eigenvalue weighted by atomic mass is 9.90. The zero-order valence-corrected chi connectivity index (χ0v) is 48.4. The van der Waals surface area contributed by atoms with Crippen LogP contribution in [0.1, 0.15) is 43.0 Å². The summed E-state index contributed by atoms with van der Waals surface area (Å²) in [6.45, 7) is 0. The molecule has 0 atom stereocenters. The zero-order valence-electron chi connectivity index (χ0n) is 33.3. The summed E-state index contributed by atoms with van der Waals surface area (Å²) in [6, 6.07) is 11.3. The molecule has 0 aromatic heterocycles. The van der Waals surface area contributed by atoms with Crippen LogP contribution in [0.3, 0.4) is 0 Å². The van der Waals surface area contributed by atoms with Crippen molar-refractivity contribution in [1.82, 2.24) is 0 Å². The normalized spacial score (nSPS) is 14.8. The molecule has 70 heavy (non-hydrogen) atoms. The monoisotopic (exact) mass is 1330 g/mol. The lowest BCUT2D eigenvalue weighted by molar-refractivity contribution is 0.100. The zero-order chi connectivity index (χ0) is 51.5. The van der Waals surface area contributed by atoms with Crippen LogP contribution in [0.2, 0.25) is 75.3 Å². The SMILES string of the molecule is O=C(N=C1C=C(Cl)C(=C(c2c(Cl)cc(Cl)cc2Cl)c2c(Cl)cc(Cl)cc2Cl)C(Cl)=C1)c1c(Cl)c(Cl)c(Cl)c(C(=O)Nc2cc(Cl)c(C(=C3C(Cl)=CC(Cl)C=C3Cl)c3c(Cl)cc(Cl)cc3Cl)c(Cl)c2)c1Cl. The van der Waals surface area contributed by atoms with Gasteiger partial charge in [0.05, 0.1) is 92.6 Å². The van der Waals surface area contributed by atoms with E-state index in [1.165, 1.54) is 72.8 Å². The van der Waals surface area contributed by atoms with Gasteiger partial charge in [0, 0.05) is 75.4 Å². The van der Waals surface area contributed by atoms with Gasteiger partial charge in [-0.15, -0.1) is 11.6 Å². The van der Waals surface area contributed by atoms with Gasteiger partial charge in [-0.3, -0.25) is 9.59 Å². The first-order valence-corrected chi connectivity index (χ1v) is 26.3. The molecule has 0 spiro atoms. The van der Waals surface area contributed by atoms with Crippen LogP contribution in [0.5, 0.6) is 0 Å². The van der Waals surface area contributed by atoms with E-state index >= 15 is 0 Å². The van der Waals surface area contributed by atoms with Crippen LogP contribution in [0.15, 0.2) is 109 Å². The van der Waals surface area contributed by atoms with E-state index in [2.05, 4.69) is 10.3 Å². The minimum atomic E-state index is -1.10. The van der Waals surface area contributed by atoms with Gasteiger partial charge in [0.15, 0.2) is 0 Å². The summed E-state index contributed by atoms with van der Waals surface area (Å²) in [5.74, 6) is -2.08. The molecule has 0 radical (unpaired) electrons. The molecule has 0 bridgehead atoms. The average Bonchev–Trinajstić information content (AvgIpc) is 3.20. The Morgan fingerprint density at radius 3 is 1.10 bits per heavy atom. The number of alkyl halides is 1. The molecule has 2 aliphatic carbocycles. The van der Waals surface area contributed by atoms with Gasteiger partial charge >= 0.3 is 0 Å². The summed E-state index contributed by atoms with van der Waals surface area (Å²) in [5, 5.41) is 1.32. The van der Waals surface area contributed by atoms with Gasteiger partial charge < -0.3 is 5.32 Å². The highest BCUT2D eigenvalue weighted by Gasteiger charge is 2.33. The van der Waals surface area contributed by atoms with E-state index < -0.39 is 48.4 Å². The third kappa shape index (κ3) is 11.6. The van der Waals surface area contributed by atoms with Gasteiger partial charge in [0.25, 0.3) is 11.8 Å². The molecule has 24 heteroatoms. The van der Waals surface area contributed by atoms with Gasteiger partial charge in [0.1, 0.15) is 0 Å². The number of nitrogens with one attached hydrogen (secondary N) is 1. The van der Waals surface area contributed by atoms with Crippen LogP contribution in [-0.2, 0) is 0 Å². The molecule has 0 fully saturated rings. The smallest absolute Gasteiger partial charge is 0.280 e. The number of carbonyl (C=O) groups is 2. The first kappa shape index (κ1) is 56.9. The number of benzene rings is 5. The number of carbonyl (C=O) groups excluding carboxylic acids is 2. The van der Waals surface area contributed by atoms with Crippen LogP contribution >= 0.6 is 232 Å². The number of amides is 2. The molecule has 0 saturated heterocycles. The van der Waals surface area contributed by atoms with E-state index in [1.807, 2.05) is 0 Å². The molecule has 0 saturated carbocycles. The molecular formula is C46H14Cl20N2O2. The molecule has 0 heterocycles. The Balaban J connectivity index is 1.29. The Kier molecular flexibility index (Phi) is 18.8. The van der Waals surface area contributed by atoms with E-state index in [1.54, 1.807) is 0 Å². The Labute approximate surface area is 498 Å². The van der Waals surface area contributed by atoms with Crippen LogP contribution in [-0.4, -0.2) is 22.9 Å². The molecule has 2 aliphatic rings. The standard InChI is InChI=1S/C46H14Cl20N2O2/c47-13-1-19(51)31(20(52)2-13)37(32-21(53)3-14(48)4-22(32)54)35-27(59)9-17(10-28(35)60)67-45(69)39-41(63)40(43(65)44(66)42(39)64)46(70)68-18-11-29(61)36(30(62)12-18)38(33-23(55)5-15(49)6-24(33)56)34-25(57)7-16(50)8-26(34)58/h1-13H,(H,67,69). The van der Waals surface area contributed by atoms with Crippen molar-refractivity contribution in [3.63, 3.8) is 0 Å². The molecular weight excluding hydrogens is 1320 g/mol. The second-order valence-corrected chi connectivity index (χ2v) is 22.5. The second-order valence-electron chi connectivity index (χ2n) is 14.3. The topological polar surface area (TPSA) is 58.5 Å². The fourth-order valence-electron chi connectivity index (χ4n) is 7.08. The van der Waals surface area contributed by atoms with Crippen LogP contribution in [0, 0.1) is 0 Å². The molecule has 2 amide bonds. The molecule has 0 aliphatic heterocycles. The Hall–Kier alpha value is -0.850. The number of aliphatic imine (C=N–C) groups is 1.